The highest BCUT2D eigenvalue weighted by Crippen LogP contribution is 2.29. The first-order chi connectivity index (χ1) is 13.5. The van der Waals surface area contributed by atoms with Crippen LogP contribution in [0.3, 0.4) is 0 Å². The summed E-state index contributed by atoms with van der Waals surface area (Å²) < 4.78 is 5.22. The second-order valence-corrected chi connectivity index (χ2v) is 8.08. The van der Waals surface area contributed by atoms with E-state index in [9.17, 15) is 14.4 Å². The Morgan fingerprint density at radius 1 is 1.21 bits per heavy atom. The molecule has 0 aromatic heterocycles. The minimum absolute atomic E-state index is 0.0567. The normalized spacial score (nSPS) is 26.0. The zero-order valence-electron chi connectivity index (χ0n) is 16.7. The lowest BCUT2D eigenvalue weighted by Crippen LogP contribution is -2.43. The van der Waals surface area contributed by atoms with E-state index in [1.54, 1.807) is 4.90 Å². The molecular weight excluding hydrogens is 356 g/mol. The highest BCUT2D eigenvalue weighted by molar-refractivity contribution is 5.88. The maximum Gasteiger partial charge on any atom is 0.311 e. The molecule has 1 saturated carbocycles. The number of esters is 1. The molecule has 2 aliphatic rings. The van der Waals surface area contributed by atoms with E-state index >= 15 is 0 Å². The van der Waals surface area contributed by atoms with E-state index in [1.807, 2.05) is 37.3 Å². The van der Waals surface area contributed by atoms with E-state index in [0.717, 1.165) is 24.8 Å². The van der Waals surface area contributed by atoms with Crippen molar-refractivity contribution >= 4 is 17.8 Å². The molecule has 1 aliphatic heterocycles. The van der Waals surface area contributed by atoms with Crippen LogP contribution in [0, 0.1) is 11.8 Å². The predicted molar refractivity (Wildman–Crippen MR) is 105 cm³/mol. The predicted octanol–water partition coefficient (Wildman–Crippen LogP) is 2.83. The number of likely N-dealkylation sites (tertiary alicyclic amines) is 1. The Kier molecular flexibility index (Phi) is 6.70. The summed E-state index contributed by atoms with van der Waals surface area (Å²) in [5.74, 6) is -0.846. The van der Waals surface area contributed by atoms with Crippen LogP contribution in [0.25, 0.3) is 0 Å². The summed E-state index contributed by atoms with van der Waals surface area (Å²) in [6, 6.07) is 9.81. The fraction of sp³-hybridized carbons (Fsp3) is 0.591. The number of benzene rings is 1. The number of carbonyl (C=O) groups is 3. The Morgan fingerprint density at radius 2 is 1.93 bits per heavy atom. The van der Waals surface area contributed by atoms with Crippen molar-refractivity contribution < 1.29 is 19.1 Å². The number of ether oxygens (including phenoxy) is 1. The number of hydrogen-bond acceptors (Lipinski definition) is 4. The minimum atomic E-state index is -0.514. The first-order valence-electron chi connectivity index (χ1n) is 10.3. The number of nitrogens with one attached hydrogen (secondary N) is 1. The van der Waals surface area contributed by atoms with Crippen molar-refractivity contribution in [2.75, 3.05) is 13.2 Å². The van der Waals surface area contributed by atoms with Gasteiger partial charge in [0.2, 0.25) is 5.91 Å². The van der Waals surface area contributed by atoms with Crippen molar-refractivity contribution in [3.8, 4) is 0 Å². The quantitative estimate of drug-likeness (QED) is 0.763. The minimum Gasteiger partial charge on any atom is -0.455 e. The largest absolute Gasteiger partial charge is 0.455 e. The maximum atomic E-state index is 12.4. The van der Waals surface area contributed by atoms with Gasteiger partial charge in [0.15, 0.2) is 6.61 Å². The van der Waals surface area contributed by atoms with Crippen LogP contribution >= 0.6 is 0 Å². The van der Waals surface area contributed by atoms with Gasteiger partial charge in [-0.1, -0.05) is 50.1 Å². The van der Waals surface area contributed by atoms with Crippen molar-refractivity contribution in [3.63, 3.8) is 0 Å². The number of amides is 2. The van der Waals surface area contributed by atoms with Crippen LogP contribution in [-0.2, 0) is 19.1 Å². The van der Waals surface area contributed by atoms with Gasteiger partial charge < -0.3 is 15.0 Å². The van der Waals surface area contributed by atoms with Crippen molar-refractivity contribution in [1.82, 2.24) is 10.2 Å². The van der Waals surface area contributed by atoms with Crippen LogP contribution in [0.15, 0.2) is 30.3 Å². The van der Waals surface area contributed by atoms with Gasteiger partial charge in [0.25, 0.3) is 5.91 Å². The van der Waals surface area contributed by atoms with E-state index in [4.69, 9.17) is 4.74 Å². The molecule has 4 atom stereocenters. The number of hydrogen-bond donors (Lipinski definition) is 1. The molecule has 1 aliphatic carbocycles. The van der Waals surface area contributed by atoms with Gasteiger partial charge in [-0.2, -0.15) is 0 Å². The average molecular weight is 386 g/mol. The van der Waals surface area contributed by atoms with Gasteiger partial charge in [-0.25, -0.2) is 0 Å². The van der Waals surface area contributed by atoms with E-state index in [2.05, 4.69) is 12.2 Å². The lowest BCUT2D eigenvalue weighted by atomic mass is 9.86. The zero-order chi connectivity index (χ0) is 20.1. The number of carbonyl (C=O) groups excluding carboxylic acids is 3. The maximum absolute atomic E-state index is 12.4. The molecule has 0 radical (unpaired) electrons. The van der Waals surface area contributed by atoms with Gasteiger partial charge in [-0.05, 0) is 31.2 Å². The molecule has 0 spiro atoms. The van der Waals surface area contributed by atoms with Gasteiger partial charge in [-0.3, -0.25) is 14.4 Å². The molecule has 2 amide bonds. The Morgan fingerprint density at radius 3 is 2.64 bits per heavy atom. The molecule has 3 rings (SSSR count). The van der Waals surface area contributed by atoms with Gasteiger partial charge >= 0.3 is 5.97 Å². The number of nitrogens with zero attached hydrogens (tertiary/aromatic N) is 1. The first kappa shape index (κ1) is 20.4. The summed E-state index contributed by atoms with van der Waals surface area (Å²) in [6.45, 7) is 4.15. The standard InChI is InChI=1S/C22H30N2O4/c1-15-8-6-7-11-19(15)23-20(25)14-28-22(27)18-12-21(26)24(13-18)16(2)17-9-4-3-5-10-17/h3-5,9-10,15-16,18-19H,6-8,11-14H2,1-2H3,(H,23,25)/t15-,16-,18+,19+/m0/s1. The van der Waals surface area contributed by atoms with E-state index < -0.39 is 11.9 Å². The Hall–Kier alpha value is -2.37. The van der Waals surface area contributed by atoms with Crippen molar-refractivity contribution in [2.45, 2.75) is 58.0 Å². The molecule has 2 fully saturated rings. The molecule has 1 saturated heterocycles. The third kappa shape index (κ3) is 4.91. The monoisotopic (exact) mass is 386 g/mol. The summed E-state index contributed by atoms with van der Waals surface area (Å²) in [5.41, 5.74) is 1.03. The fourth-order valence-electron chi connectivity index (χ4n) is 4.21. The van der Waals surface area contributed by atoms with Crippen LogP contribution in [0.4, 0.5) is 0 Å². The molecule has 1 aromatic rings. The van der Waals surface area contributed by atoms with E-state index in [0.29, 0.717) is 12.5 Å². The lowest BCUT2D eigenvalue weighted by Gasteiger charge is -2.29. The average Bonchev–Trinajstić information content (AvgIpc) is 3.10. The van der Waals surface area contributed by atoms with Crippen LogP contribution < -0.4 is 5.32 Å². The Bertz CT molecular complexity index is 706. The van der Waals surface area contributed by atoms with Gasteiger partial charge in [0.1, 0.15) is 0 Å². The van der Waals surface area contributed by atoms with Crippen LogP contribution in [0.1, 0.15) is 57.6 Å². The highest BCUT2D eigenvalue weighted by Gasteiger charge is 2.38. The summed E-state index contributed by atoms with van der Waals surface area (Å²) in [4.78, 5) is 38.6. The van der Waals surface area contributed by atoms with Gasteiger partial charge in [-0.15, -0.1) is 0 Å². The molecule has 1 N–H and O–H groups in total. The number of rotatable bonds is 6. The molecule has 1 heterocycles. The van der Waals surface area contributed by atoms with Gasteiger partial charge in [0, 0.05) is 19.0 Å². The second-order valence-electron chi connectivity index (χ2n) is 8.08. The molecular formula is C22H30N2O4. The lowest BCUT2D eigenvalue weighted by molar-refractivity contribution is -0.152. The Balaban J connectivity index is 1.47. The zero-order valence-corrected chi connectivity index (χ0v) is 16.7. The van der Waals surface area contributed by atoms with Gasteiger partial charge in [0.05, 0.1) is 12.0 Å². The van der Waals surface area contributed by atoms with Crippen LogP contribution in [-0.4, -0.2) is 41.9 Å². The molecule has 1 aromatic carbocycles. The molecule has 6 heteroatoms. The highest BCUT2D eigenvalue weighted by atomic mass is 16.5. The molecule has 0 bridgehead atoms. The third-order valence-electron chi connectivity index (χ3n) is 6.04. The molecule has 152 valence electrons. The summed E-state index contributed by atoms with van der Waals surface area (Å²) >= 11 is 0. The molecule has 6 nitrogen and oxygen atoms in total. The van der Waals surface area contributed by atoms with Crippen LogP contribution in [0.5, 0.6) is 0 Å². The topological polar surface area (TPSA) is 75.7 Å². The van der Waals surface area contributed by atoms with Crippen LogP contribution in [0.2, 0.25) is 0 Å². The van der Waals surface area contributed by atoms with E-state index in [-0.39, 0.29) is 36.9 Å². The van der Waals surface area contributed by atoms with Crippen molar-refractivity contribution in [2.24, 2.45) is 11.8 Å². The first-order valence-corrected chi connectivity index (χ1v) is 10.3. The van der Waals surface area contributed by atoms with Crippen molar-refractivity contribution in [1.29, 1.82) is 0 Å². The summed E-state index contributed by atoms with van der Waals surface area (Å²) in [6.07, 6.45) is 4.55. The SMILES string of the molecule is C[C@H]1CCCC[C@H]1NC(=O)COC(=O)[C@@H]1CC(=O)N([C@@H](C)c2ccccc2)C1. The van der Waals surface area contributed by atoms with E-state index in [1.165, 1.54) is 6.42 Å². The molecule has 28 heavy (non-hydrogen) atoms. The third-order valence-corrected chi connectivity index (χ3v) is 6.04. The summed E-state index contributed by atoms with van der Waals surface area (Å²) in [7, 11) is 0. The smallest absolute Gasteiger partial charge is 0.311 e. The van der Waals surface area contributed by atoms with Crippen molar-refractivity contribution in [3.05, 3.63) is 35.9 Å². The molecule has 0 unspecified atom stereocenters. The second kappa shape index (κ2) is 9.22. The summed E-state index contributed by atoms with van der Waals surface area (Å²) in [5, 5.41) is 2.98. The Labute approximate surface area is 166 Å². The fourth-order valence-corrected chi connectivity index (χ4v) is 4.21.